The molecule has 3 heterocycles. The molecule has 0 unspecified atom stereocenters. The molecule has 1 fully saturated rings. The highest BCUT2D eigenvalue weighted by Gasteiger charge is 2.31. The summed E-state index contributed by atoms with van der Waals surface area (Å²) in [5, 5.41) is 8.62. The number of nitrogens with two attached hydrogens (primary N) is 1. The van der Waals surface area contributed by atoms with Crippen LogP contribution in [0.4, 0.5) is 10.6 Å². The lowest BCUT2D eigenvalue weighted by molar-refractivity contribution is 0.0169. The minimum atomic E-state index is -0.576. The first-order valence-corrected chi connectivity index (χ1v) is 14.0. The van der Waals surface area contributed by atoms with E-state index >= 15 is 0 Å². The number of likely N-dealkylation sites (tertiary alicyclic amines) is 1. The van der Waals surface area contributed by atoms with Crippen molar-refractivity contribution in [3.63, 3.8) is 0 Å². The van der Waals surface area contributed by atoms with Crippen molar-refractivity contribution in [1.29, 1.82) is 0 Å². The Kier molecular flexibility index (Phi) is 8.02. The van der Waals surface area contributed by atoms with Gasteiger partial charge in [-0.15, -0.1) is 0 Å². The predicted octanol–water partition coefficient (Wildman–Crippen LogP) is 4.89. The summed E-state index contributed by atoms with van der Waals surface area (Å²) in [4.78, 5) is 36.3. The van der Waals surface area contributed by atoms with E-state index in [9.17, 15) is 9.59 Å². The van der Waals surface area contributed by atoms with Crippen LogP contribution in [0.15, 0.2) is 48.8 Å². The van der Waals surface area contributed by atoms with Crippen LogP contribution in [0.1, 0.15) is 61.1 Å². The summed E-state index contributed by atoms with van der Waals surface area (Å²) >= 11 is 0. The molecule has 220 valence electrons. The Hall–Kier alpha value is -4.67. The van der Waals surface area contributed by atoms with Gasteiger partial charge in [-0.05, 0) is 64.3 Å². The maximum atomic E-state index is 13.0. The zero-order valence-electron chi connectivity index (χ0n) is 24.7. The molecule has 3 N–H and O–H groups in total. The van der Waals surface area contributed by atoms with Crippen molar-refractivity contribution < 1.29 is 19.1 Å². The molecule has 11 heteroatoms. The third kappa shape index (κ3) is 6.14. The first-order valence-electron chi connectivity index (χ1n) is 14.0. The Morgan fingerprint density at radius 3 is 2.71 bits per heavy atom. The zero-order chi connectivity index (χ0) is 30.0. The third-order valence-corrected chi connectivity index (χ3v) is 7.17. The number of nitrogen functional groups attached to an aromatic ring is 1. The monoisotopic (exact) mass is 571 g/mol. The Morgan fingerprint density at radius 1 is 1.14 bits per heavy atom. The largest absolute Gasteiger partial charge is 0.496 e. The molecule has 2 aromatic carbocycles. The molecule has 2 aromatic heterocycles. The molecule has 5 rings (SSSR count). The van der Waals surface area contributed by atoms with Crippen LogP contribution in [-0.4, -0.2) is 62.4 Å². The number of carbonyl (C=O) groups excluding carboxylic acids is 2. The molecular weight excluding hydrogens is 534 g/mol. The fourth-order valence-corrected chi connectivity index (χ4v) is 5.20. The van der Waals surface area contributed by atoms with E-state index in [0.717, 1.165) is 29.5 Å². The lowest BCUT2D eigenvalue weighted by Crippen LogP contribution is -2.43. The van der Waals surface area contributed by atoms with Crippen molar-refractivity contribution in [3.8, 4) is 17.0 Å². The molecule has 1 aliphatic rings. The molecule has 11 nitrogen and oxygen atoms in total. The molecule has 0 bridgehead atoms. The maximum absolute atomic E-state index is 13.0. The second-order valence-corrected chi connectivity index (χ2v) is 11.6. The number of nitrogens with one attached hydrogen (secondary N) is 1. The van der Waals surface area contributed by atoms with E-state index in [2.05, 4.69) is 15.3 Å². The lowest BCUT2D eigenvalue weighted by atomic mass is 10.1. The van der Waals surface area contributed by atoms with Crippen molar-refractivity contribution in [2.24, 2.45) is 0 Å². The van der Waals surface area contributed by atoms with Gasteiger partial charge < -0.3 is 25.4 Å². The first kappa shape index (κ1) is 28.8. The lowest BCUT2D eigenvalue weighted by Gasteiger charge is -2.34. The van der Waals surface area contributed by atoms with Crippen LogP contribution in [0.25, 0.3) is 22.3 Å². The number of aryl methyl sites for hydroxylation is 1. The van der Waals surface area contributed by atoms with E-state index in [4.69, 9.17) is 20.3 Å². The summed E-state index contributed by atoms with van der Waals surface area (Å²) in [6, 6.07) is 13.2. The standard InChI is InChI=1S/C31H37N7O4/c1-19-11-12-24(41-5)23(14-19)29(39)33-16-20-8-6-9-21(15-20)26-25-27(32)34-18-35-28(25)38(36-26)22-10-7-13-37(17-22)30(40)42-31(2,3)4/h6,8-9,11-12,14-15,18,22H,7,10,13,16-17H2,1-5H3,(H,33,39)(H2,32,34,35)/t22-/m1/s1. The number of rotatable bonds is 6. The number of anilines is 1. The summed E-state index contributed by atoms with van der Waals surface area (Å²) in [5.74, 6) is 0.624. The molecule has 0 aliphatic carbocycles. The van der Waals surface area contributed by atoms with Gasteiger partial charge in [-0.3, -0.25) is 4.79 Å². The van der Waals surface area contributed by atoms with Gasteiger partial charge in [0, 0.05) is 25.2 Å². The number of benzene rings is 2. The van der Waals surface area contributed by atoms with Gasteiger partial charge in [0.05, 0.1) is 24.1 Å². The van der Waals surface area contributed by atoms with Crippen LogP contribution in [0.5, 0.6) is 5.75 Å². The van der Waals surface area contributed by atoms with E-state index < -0.39 is 5.60 Å². The molecule has 0 radical (unpaired) electrons. The number of fused-ring (bicyclic) bond motifs is 1. The van der Waals surface area contributed by atoms with Gasteiger partial charge in [0.25, 0.3) is 5.91 Å². The summed E-state index contributed by atoms with van der Waals surface area (Å²) in [7, 11) is 1.55. The first-order chi connectivity index (χ1) is 20.0. The van der Waals surface area contributed by atoms with Crippen molar-refractivity contribution in [2.45, 2.75) is 58.7 Å². The number of hydrogen-bond donors (Lipinski definition) is 2. The van der Waals surface area contributed by atoms with E-state index in [-0.39, 0.29) is 18.0 Å². The Balaban J connectivity index is 1.41. The smallest absolute Gasteiger partial charge is 0.410 e. The molecular formula is C31H37N7O4. The zero-order valence-corrected chi connectivity index (χ0v) is 24.7. The highest BCUT2D eigenvalue weighted by Crippen LogP contribution is 2.34. The van der Waals surface area contributed by atoms with Crippen molar-refractivity contribution >= 4 is 28.9 Å². The Morgan fingerprint density at radius 2 is 1.95 bits per heavy atom. The summed E-state index contributed by atoms with van der Waals surface area (Å²) in [6.45, 7) is 8.89. The number of aromatic nitrogens is 4. The normalized spacial score (nSPS) is 15.5. The van der Waals surface area contributed by atoms with Crippen LogP contribution in [0, 0.1) is 6.92 Å². The van der Waals surface area contributed by atoms with Crippen LogP contribution in [0.3, 0.4) is 0 Å². The minimum absolute atomic E-state index is 0.108. The molecule has 1 saturated heterocycles. The van der Waals surface area contributed by atoms with Gasteiger partial charge in [-0.2, -0.15) is 5.10 Å². The molecule has 42 heavy (non-hydrogen) atoms. The number of methoxy groups -OCH3 is 1. The summed E-state index contributed by atoms with van der Waals surface area (Å²) in [6.07, 6.45) is 2.73. The van der Waals surface area contributed by atoms with E-state index in [0.29, 0.717) is 53.5 Å². The molecule has 2 amide bonds. The van der Waals surface area contributed by atoms with E-state index in [1.165, 1.54) is 6.33 Å². The average molecular weight is 572 g/mol. The van der Waals surface area contributed by atoms with E-state index in [1.807, 2.05) is 62.7 Å². The Labute approximate surface area is 245 Å². The number of ether oxygens (including phenoxy) is 2. The molecule has 0 spiro atoms. The number of piperidine rings is 1. The van der Waals surface area contributed by atoms with Crippen LogP contribution in [0.2, 0.25) is 0 Å². The van der Waals surface area contributed by atoms with Gasteiger partial charge in [0.1, 0.15) is 29.2 Å². The van der Waals surface area contributed by atoms with Gasteiger partial charge >= 0.3 is 6.09 Å². The quantitative estimate of drug-likeness (QED) is 0.334. The van der Waals surface area contributed by atoms with Crippen molar-refractivity contribution in [2.75, 3.05) is 25.9 Å². The van der Waals surface area contributed by atoms with Crippen LogP contribution < -0.4 is 15.8 Å². The third-order valence-electron chi connectivity index (χ3n) is 7.17. The number of nitrogens with zero attached hydrogens (tertiary/aromatic N) is 5. The van der Waals surface area contributed by atoms with Gasteiger partial charge in [0.15, 0.2) is 5.65 Å². The fourth-order valence-electron chi connectivity index (χ4n) is 5.20. The minimum Gasteiger partial charge on any atom is -0.496 e. The predicted molar refractivity (Wildman–Crippen MR) is 160 cm³/mol. The molecule has 4 aromatic rings. The van der Waals surface area contributed by atoms with Crippen molar-refractivity contribution in [1.82, 2.24) is 30.0 Å². The Bertz CT molecular complexity index is 1630. The average Bonchev–Trinajstić information content (AvgIpc) is 3.36. The molecule has 1 atom stereocenters. The summed E-state index contributed by atoms with van der Waals surface area (Å²) < 4.78 is 12.8. The fraction of sp³-hybridized carbons (Fsp3) is 0.387. The molecule has 0 saturated carbocycles. The molecule has 1 aliphatic heterocycles. The second kappa shape index (κ2) is 11.7. The van der Waals surface area contributed by atoms with Gasteiger partial charge in [-0.25, -0.2) is 19.4 Å². The SMILES string of the molecule is COc1ccc(C)cc1C(=O)NCc1cccc(-c2nn([C@@H]3CCCN(C(=O)OC(C)(C)C)C3)c3ncnc(N)c23)c1. The topological polar surface area (TPSA) is 137 Å². The highest BCUT2D eigenvalue weighted by atomic mass is 16.6. The highest BCUT2D eigenvalue weighted by molar-refractivity contribution is 5.99. The van der Waals surface area contributed by atoms with E-state index in [1.54, 1.807) is 24.1 Å². The van der Waals surface area contributed by atoms with Crippen LogP contribution >= 0.6 is 0 Å². The van der Waals surface area contributed by atoms with Gasteiger partial charge in [0.2, 0.25) is 0 Å². The number of carbonyl (C=O) groups is 2. The number of amides is 2. The van der Waals surface area contributed by atoms with Crippen LogP contribution in [-0.2, 0) is 11.3 Å². The maximum Gasteiger partial charge on any atom is 0.410 e. The summed E-state index contributed by atoms with van der Waals surface area (Å²) in [5.41, 5.74) is 10.2. The van der Waals surface area contributed by atoms with Crippen molar-refractivity contribution in [3.05, 3.63) is 65.5 Å². The van der Waals surface area contributed by atoms with Gasteiger partial charge in [-0.1, -0.05) is 29.8 Å². The number of hydrogen-bond acceptors (Lipinski definition) is 8. The second-order valence-electron chi connectivity index (χ2n) is 11.6.